The molecule has 22 heavy (non-hydrogen) atoms. The maximum atomic E-state index is 12.1. The zero-order valence-corrected chi connectivity index (χ0v) is 14.8. The van der Waals surface area contributed by atoms with Gasteiger partial charge in [0.15, 0.2) is 17.2 Å². The molecule has 1 N–H and O–H groups in total. The van der Waals surface area contributed by atoms with Crippen molar-refractivity contribution in [2.75, 3.05) is 5.75 Å². The Labute approximate surface area is 141 Å². The maximum Gasteiger partial charge on any atom is 0.252 e. The first kappa shape index (κ1) is 18.6. The van der Waals surface area contributed by atoms with Gasteiger partial charge in [-0.3, -0.25) is 4.79 Å². The monoisotopic (exact) mass is 340 g/mol. The standard InChI is InChI=1S/C16H20N2O2S.ClH/c1-11-12(2)18(4)16(17(11)3)21-10-9-15(20)13-7-5-6-8-14(13)19;/h5-8H,9-10H2,1-4H3;1H. The smallest absolute Gasteiger partial charge is 0.252 e. The summed E-state index contributed by atoms with van der Waals surface area (Å²) in [7, 11) is 4.07. The highest BCUT2D eigenvalue weighted by atomic mass is 35.5. The fourth-order valence-corrected chi connectivity index (χ4v) is 3.40. The molecule has 2 aromatic rings. The molecule has 0 radical (unpaired) electrons. The molecule has 0 unspecified atom stereocenters. The van der Waals surface area contributed by atoms with Gasteiger partial charge in [-0.05, 0) is 23.9 Å². The van der Waals surface area contributed by atoms with Crippen LogP contribution in [0.5, 0.6) is 5.75 Å². The number of benzene rings is 1. The van der Waals surface area contributed by atoms with E-state index in [1.807, 2.05) is 14.1 Å². The number of Topliss-reactive ketones (excluding diaryl/α,β-unsaturated/α-hetero) is 1. The van der Waals surface area contributed by atoms with Crippen molar-refractivity contribution in [3.63, 3.8) is 0 Å². The van der Waals surface area contributed by atoms with Crippen LogP contribution in [0.3, 0.4) is 0 Å². The van der Waals surface area contributed by atoms with Crippen molar-refractivity contribution in [1.29, 1.82) is 0 Å². The van der Waals surface area contributed by atoms with Crippen molar-refractivity contribution < 1.29 is 22.3 Å². The predicted molar refractivity (Wildman–Crippen MR) is 86.0 cm³/mol. The summed E-state index contributed by atoms with van der Waals surface area (Å²) in [4.78, 5) is 12.1. The second-order valence-corrected chi connectivity index (χ2v) is 6.17. The molecule has 0 aliphatic rings. The molecule has 0 atom stereocenters. The van der Waals surface area contributed by atoms with Crippen molar-refractivity contribution in [2.45, 2.75) is 25.4 Å². The fraction of sp³-hybridized carbons (Fsp3) is 0.375. The molecule has 1 heterocycles. The lowest BCUT2D eigenvalue weighted by atomic mass is 10.1. The first-order chi connectivity index (χ1) is 9.93. The van der Waals surface area contributed by atoms with Crippen LogP contribution in [0, 0.1) is 13.8 Å². The average Bonchev–Trinajstić information content (AvgIpc) is 2.65. The van der Waals surface area contributed by atoms with Gasteiger partial charge >= 0.3 is 0 Å². The van der Waals surface area contributed by atoms with Crippen LogP contribution in [0.2, 0.25) is 0 Å². The highest BCUT2D eigenvalue weighted by Crippen LogP contribution is 2.25. The number of carbonyl (C=O) groups is 1. The second-order valence-electron chi connectivity index (χ2n) is 5.11. The minimum atomic E-state index is -0.0223. The van der Waals surface area contributed by atoms with Crippen LogP contribution in [0.25, 0.3) is 0 Å². The second kappa shape index (κ2) is 7.70. The Hall–Kier alpha value is -1.46. The molecule has 1 aromatic carbocycles. The topological polar surface area (TPSA) is 47.2 Å². The van der Waals surface area contributed by atoms with E-state index in [4.69, 9.17) is 0 Å². The number of carbonyl (C=O) groups excluding carboxylic acids is 1. The van der Waals surface area contributed by atoms with Crippen LogP contribution >= 0.6 is 11.8 Å². The van der Waals surface area contributed by atoms with Crippen LogP contribution < -0.4 is 12.4 Å². The zero-order valence-electron chi connectivity index (χ0n) is 13.3. The lowest BCUT2D eigenvalue weighted by molar-refractivity contribution is -0.0000137. The van der Waals surface area contributed by atoms with Gasteiger partial charge in [0.1, 0.15) is 5.75 Å². The van der Waals surface area contributed by atoms with Gasteiger partial charge in [-0.1, -0.05) is 12.1 Å². The van der Waals surface area contributed by atoms with Crippen LogP contribution in [0.15, 0.2) is 29.4 Å². The predicted octanol–water partition coefficient (Wildman–Crippen LogP) is 0.336. The number of thioether (sulfide) groups is 1. The fourth-order valence-electron chi connectivity index (χ4n) is 2.27. The summed E-state index contributed by atoms with van der Waals surface area (Å²) in [5.74, 6) is 0.729. The molecule has 2 rings (SSSR count). The van der Waals surface area contributed by atoms with E-state index in [1.54, 1.807) is 36.0 Å². The molecule has 0 aliphatic carbocycles. The van der Waals surface area contributed by atoms with Gasteiger partial charge in [0, 0.05) is 40.1 Å². The third kappa shape index (κ3) is 3.65. The summed E-state index contributed by atoms with van der Waals surface area (Å²) in [6, 6.07) is 6.70. The summed E-state index contributed by atoms with van der Waals surface area (Å²) >= 11 is 1.66. The molecule has 0 spiro atoms. The molecular formula is C16H21ClN2O2S. The normalized spacial score (nSPS) is 10.4. The highest BCUT2D eigenvalue weighted by molar-refractivity contribution is 7.99. The number of aromatic nitrogens is 2. The Morgan fingerprint density at radius 3 is 2.27 bits per heavy atom. The quantitative estimate of drug-likeness (QED) is 0.485. The Kier molecular flexibility index (Phi) is 6.50. The molecular weight excluding hydrogens is 320 g/mol. The summed E-state index contributed by atoms with van der Waals surface area (Å²) in [6.45, 7) is 4.18. The van der Waals surface area contributed by atoms with Gasteiger partial charge in [0.25, 0.3) is 5.16 Å². The maximum absolute atomic E-state index is 12.1. The molecule has 0 aliphatic heterocycles. The SMILES string of the molecule is Cc1c(C)n(C)[c+](SCCC(=O)c2ccccc2O)n1C.[Cl-]. The molecule has 6 heteroatoms. The van der Waals surface area contributed by atoms with Gasteiger partial charge in [0.2, 0.25) is 0 Å². The number of para-hydroxylation sites is 1. The molecule has 0 bridgehead atoms. The van der Waals surface area contributed by atoms with Crippen LogP contribution in [0.1, 0.15) is 28.2 Å². The van der Waals surface area contributed by atoms with E-state index < -0.39 is 0 Å². The average molecular weight is 341 g/mol. The number of rotatable bonds is 5. The van der Waals surface area contributed by atoms with E-state index in [0.717, 1.165) is 5.16 Å². The first-order valence-corrected chi connectivity index (χ1v) is 7.88. The third-order valence-corrected chi connectivity index (χ3v) is 5.08. The van der Waals surface area contributed by atoms with Crippen molar-refractivity contribution in [3.8, 4) is 5.75 Å². The number of ketones is 1. The van der Waals surface area contributed by atoms with Crippen molar-refractivity contribution in [3.05, 3.63) is 41.2 Å². The summed E-state index contributed by atoms with van der Waals surface area (Å²) in [6.07, 6.45) is 0.408. The van der Waals surface area contributed by atoms with Gasteiger partial charge < -0.3 is 17.5 Å². The van der Waals surface area contributed by atoms with Gasteiger partial charge in [0.05, 0.1) is 5.56 Å². The molecule has 0 saturated heterocycles. The zero-order chi connectivity index (χ0) is 15.6. The lowest BCUT2D eigenvalue weighted by Crippen LogP contribution is -3.00. The van der Waals surface area contributed by atoms with E-state index in [1.165, 1.54) is 11.4 Å². The number of hydrogen-bond acceptors (Lipinski definition) is 3. The largest absolute Gasteiger partial charge is 1.00 e. The number of imidazole rings is 1. The minimum absolute atomic E-state index is 0. The molecule has 0 amide bonds. The van der Waals surface area contributed by atoms with E-state index in [9.17, 15) is 9.90 Å². The Morgan fingerprint density at radius 2 is 1.73 bits per heavy atom. The van der Waals surface area contributed by atoms with Crippen molar-refractivity contribution in [1.82, 2.24) is 9.13 Å². The molecule has 4 nitrogen and oxygen atoms in total. The van der Waals surface area contributed by atoms with E-state index in [-0.39, 0.29) is 23.9 Å². The van der Waals surface area contributed by atoms with E-state index >= 15 is 0 Å². The molecule has 0 fully saturated rings. The van der Waals surface area contributed by atoms with Crippen molar-refractivity contribution >= 4 is 17.5 Å². The van der Waals surface area contributed by atoms with Gasteiger partial charge in [-0.15, -0.1) is 0 Å². The van der Waals surface area contributed by atoms with Gasteiger partial charge in [-0.25, -0.2) is 9.13 Å². The summed E-state index contributed by atoms with van der Waals surface area (Å²) < 4.78 is 4.29. The number of halogens is 1. The number of phenols is 1. The number of aromatic hydroxyl groups is 1. The van der Waals surface area contributed by atoms with Crippen molar-refractivity contribution in [2.24, 2.45) is 14.1 Å². The van der Waals surface area contributed by atoms with Crippen LogP contribution in [-0.4, -0.2) is 25.8 Å². The molecule has 120 valence electrons. The van der Waals surface area contributed by atoms with Gasteiger partial charge in [-0.2, -0.15) is 0 Å². The highest BCUT2D eigenvalue weighted by Gasteiger charge is 2.21. The van der Waals surface area contributed by atoms with E-state index in [2.05, 4.69) is 23.0 Å². The first-order valence-electron chi connectivity index (χ1n) is 6.89. The number of nitrogens with zero attached hydrogens (tertiary/aromatic N) is 2. The summed E-state index contributed by atoms with van der Waals surface area (Å²) in [5.41, 5.74) is 2.86. The lowest BCUT2D eigenvalue weighted by Gasteiger charge is -2.03. The molecule has 0 saturated carbocycles. The Bertz CT molecular complexity index is 658. The molecule has 1 aromatic heterocycles. The Balaban J connectivity index is 0.00000242. The van der Waals surface area contributed by atoms with Crippen LogP contribution in [0.4, 0.5) is 0 Å². The number of hydrogen-bond donors (Lipinski definition) is 1. The van der Waals surface area contributed by atoms with Crippen LogP contribution in [-0.2, 0) is 14.1 Å². The van der Waals surface area contributed by atoms with E-state index in [0.29, 0.717) is 17.7 Å². The number of phenolic OH excluding ortho intramolecular Hbond substituents is 1. The summed E-state index contributed by atoms with van der Waals surface area (Å²) in [5, 5.41) is 10.8. The minimum Gasteiger partial charge on any atom is -1.00 e. The third-order valence-electron chi connectivity index (χ3n) is 3.87. The Morgan fingerprint density at radius 1 is 1.18 bits per heavy atom.